The van der Waals surface area contributed by atoms with E-state index in [1.165, 1.54) is 5.56 Å². The molecule has 0 fully saturated rings. The molecule has 1 unspecified atom stereocenters. The second kappa shape index (κ2) is 6.21. The van der Waals surface area contributed by atoms with Gasteiger partial charge in [-0.15, -0.1) is 0 Å². The topological polar surface area (TPSA) is 38.5 Å². The van der Waals surface area contributed by atoms with Gasteiger partial charge in [0.15, 0.2) is 0 Å². The van der Waals surface area contributed by atoms with Crippen molar-refractivity contribution >= 4 is 0 Å². The minimum atomic E-state index is 0.259. The molecule has 0 spiro atoms. The van der Waals surface area contributed by atoms with Crippen molar-refractivity contribution in [3.8, 4) is 5.75 Å². The molecule has 3 nitrogen and oxygen atoms in total. The average molecular weight is 250 g/mol. The second-order valence-electron chi connectivity index (χ2n) is 6.00. The second-order valence-corrected chi connectivity index (χ2v) is 6.00. The third-order valence-corrected chi connectivity index (χ3v) is 2.98. The molecule has 1 rings (SSSR count). The van der Waals surface area contributed by atoms with Gasteiger partial charge in [-0.1, -0.05) is 32.9 Å². The Balaban J connectivity index is 2.81. The maximum atomic E-state index is 5.92. The van der Waals surface area contributed by atoms with Gasteiger partial charge in [0.25, 0.3) is 0 Å². The van der Waals surface area contributed by atoms with Crippen LogP contribution < -0.4 is 10.5 Å². The summed E-state index contributed by atoms with van der Waals surface area (Å²) in [6.07, 6.45) is 0. The van der Waals surface area contributed by atoms with Crippen LogP contribution in [-0.2, 0) is 0 Å². The Hall–Kier alpha value is -1.06. The zero-order valence-corrected chi connectivity index (χ0v) is 12.2. The molecule has 18 heavy (non-hydrogen) atoms. The molecule has 2 N–H and O–H groups in total. The molecule has 102 valence electrons. The molecule has 0 aliphatic heterocycles. The van der Waals surface area contributed by atoms with Gasteiger partial charge in [-0.2, -0.15) is 0 Å². The van der Waals surface area contributed by atoms with E-state index in [0.29, 0.717) is 6.54 Å². The van der Waals surface area contributed by atoms with Gasteiger partial charge in [0.2, 0.25) is 0 Å². The smallest absolute Gasteiger partial charge is 0.118 e. The van der Waals surface area contributed by atoms with Crippen LogP contribution in [0.2, 0.25) is 0 Å². The van der Waals surface area contributed by atoms with Gasteiger partial charge in [-0.05, 0) is 30.2 Å². The summed E-state index contributed by atoms with van der Waals surface area (Å²) in [6, 6.07) is 8.42. The van der Waals surface area contributed by atoms with Gasteiger partial charge in [-0.25, -0.2) is 0 Å². The van der Waals surface area contributed by atoms with Crippen molar-refractivity contribution in [3.63, 3.8) is 0 Å². The van der Waals surface area contributed by atoms with Gasteiger partial charge in [0, 0.05) is 19.1 Å². The zero-order chi connectivity index (χ0) is 13.8. The van der Waals surface area contributed by atoms with E-state index in [1.807, 2.05) is 12.1 Å². The van der Waals surface area contributed by atoms with Crippen molar-refractivity contribution in [1.82, 2.24) is 4.90 Å². The minimum Gasteiger partial charge on any atom is -0.497 e. The molecule has 1 aromatic carbocycles. The number of ether oxygens (including phenoxy) is 1. The van der Waals surface area contributed by atoms with Crippen LogP contribution in [0, 0.1) is 5.41 Å². The number of hydrogen-bond acceptors (Lipinski definition) is 3. The van der Waals surface area contributed by atoms with Gasteiger partial charge in [-0.3, -0.25) is 4.90 Å². The van der Waals surface area contributed by atoms with Crippen LogP contribution in [0.25, 0.3) is 0 Å². The van der Waals surface area contributed by atoms with Crippen LogP contribution in [0.5, 0.6) is 5.75 Å². The van der Waals surface area contributed by atoms with Gasteiger partial charge in [0.05, 0.1) is 7.11 Å². The summed E-state index contributed by atoms with van der Waals surface area (Å²) in [5.41, 5.74) is 7.44. The maximum absolute atomic E-state index is 5.92. The molecule has 1 aromatic rings. The van der Waals surface area contributed by atoms with E-state index in [-0.39, 0.29) is 11.5 Å². The molecule has 0 aliphatic carbocycles. The van der Waals surface area contributed by atoms with Crippen molar-refractivity contribution in [3.05, 3.63) is 29.8 Å². The number of methoxy groups -OCH3 is 1. The van der Waals surface area contributed by atoms with E-state index in [9.17, 15) is 0 Å². The Morgan fingerprint density at radius 2 is 1.78 bits per heavy atom. The van der Waals surface area contributed by atoms with E-state index in [2.05, 4.69) is 44.9 Å². The fourth-order valence-electron chi connectivity index (χ4n) is 2.25. The fourth-order valence-corrected chi connectivity index (χ4v) is 2.25. The van der Waals surface area contributed by atoms with Crippen molar-refractivity contribution < 1.29 is 4.74 Å². The Labute approximate surface area is 111 Å². The van der Waals surface area contributed by atoms with Crippen molar-refractivity contribution in [2.75, 3.05) is 27.2 Å². The summed E-state index contributed by atoms with van der Waals surface area (Å²) in [5.74, 6) is 0.882. The first kappa shape index (κ1) is 15.0. The molecule has 0 saturated heterocycles. The highest BCUT2D eigenvalue weighted by atomic mass is 16.5. The van der Waals surface area contributed by atoms with Gasteiger partial charge >= 0.3 is 0 Å². The number of hydrogen-bond donors (Lipinski definition) is 1. The number of likely N-dealkylation sites (N-methyl/N-ethyl adjacent to an activating group) is 1. The SMILES string of the molecule is COc1ccc(C(CN)N(C)CC(C)(C)C)cc1. The maximum Gasteiger partial charge on any atom is 0.118 e. The average Bonchev–Trinajstić information content (AvgIpc) is 2.28. The lowest BCUT2D eigenvalue weighted by molar-refractivity contribution is 0.175. The number of nitrogens with two attached hydrogens (primary N) is 1. The molecule has 0 heterocycles. The molecular weight excluding hydrogens is 224 g/mol. The summed E-state index contributed by atoms with van der Waals surface area (Å²) in [4.78, 5) is 2.32. The molecule has 3 heteroatoms. The number of nitrogens with zero attached hydrogens (tertiary/aromatic N) is 1. The summed E-state index contributed by atoms with van der Waals surface area (Å²) in [7, 11) is 3.81. The molecule has 1 atom stereocenters. The van der Waals surface area contributed by atoms with E-state index in [0.717, 1.165) is 12.3 Å². The first-order valence-electron chi connectivity index (χ1n) is 6.41. The molecule has 0 aliphatic rings. The molecule has 0 amide bonds. The highest BCUT2D eigenvalue weighted by Crippen LogP contribution is 2.24. The van der Waals surface area contributed by atoms with Crippen LogP contribution >= 0.6 is 0 Å². The number of benzene rings is 1. The zero-order valence-electron chi connectivity index (χ0n) is 12.2. The molecule has 0 radical (unpaired) electrons. The Bertz CT molecular complexity index is 354. The Morgan fingerprint density at radius 1 is 1.22 bits per heavy atom. The van der Waals surface area contributed by atoms with Crippen LogP contribution in [0.1, 0.15) is 32.4 Å². The van der Waals surface area contributed by atoms with Crippen molar-refractivity contribution in [2.24, 2.45) is 11.1 Å². The lowest BCUT2D eigenvalue weighted by Gasteiger charge is -2.33. The summed E-state index contributed by atoms with van der Waals surface area (Å²) in [5, 5.41) is 0. The fraction of sp³-hybridized carbons (Fsp3) is 0.600. The molecular formula is C15H26N2O. The third-order valence-electron chi connectivity index (χ3n) is 2.98. The molecule has 0 aromatic heterocycles. The summed E-state index contributed by atoms with van der Waals surface area (Å²) in [6.45, 7) is 8.36. The Morgan fingerprint density at radius 3 is 2.17 bits per heavy atom. The minimum absolute atomic E-state index is 0.259. The lowest BCUT2D eigenvalue weighted by atomic mass is 9.94. The van der Waals surface area contributed by atoms with Crippen LogP contribution in [-0.4, -0.2) is 32.1 Å². The van der Waals surface area contributed by atoms with Crippen LogP contribution in [0.3, 0.4) is 0 Å². The quantitative estimate of drug-likeness (QED) is 0.873. The first-order valence-corrected chi connectivity index (χ1v) is 6.41. The molecule has 0 bridgehead atoms. The van der Waals surface area contributed by atoms with E-state index >= 15 is 0 Å². The highest BCUT2D eigenvalue weighted by molar-refractivity contribution is 5.29. The van der Waals surface area contributed by atoms with Crippen LogP contribution in [0.4, 0.5) is 0 Å². The summed E-state index contributed by atoms with van der Waals surface area (Å²) >= 11 is 0. The van der Waals surface area contributed by atoms with Gasteiger partial charge < -0.3 is 10.5 Å². The van der Waals surface area contributed by atoms with E-state index in [1.54, 1.807) is 7.11 Å². The van der Waals surface area contributed by atoms with Crippen molar-refractivity contribution in [2.45, 2.75) is 26.8 Å². The van der Waals surface area contributed by atoms with Crippen LogP contribution in [0.15, 0.2) is 24.3 Å². The van der Waals surface area contributed by atoms with E-state index in [4.69, 9.17) is 10.5 Å². The lowest BCUT2D eigenvalue weighted by Crippen LogP contribution is -2.36. The largest absolute Gasteiger partial charge is 0.497 e. The van der Waals surface area contributed by atoms with E-state index < -0.39 is 0 Å². The van der Waals surface area contributed by atoms with Crippen molar-refractivity contribution in [1.29, 1.82) is 0 Å². The standard InChI is InChI=1S/C15H26N2O/c1-15(2,3)11-17(4)14(10-16)12-6-8-13(18-5)9-7-12/h6-9,14H,10-11,16H2,1-5H3. The number of rotatable bonds is 5. The predicted octanol–water partition coefficient (Wildman–Crippen LogP) is 2.67. The van der Waals surface area contributed by atoms with Gasteiger partial charge in [0.1, 0.15) is 5.75 Å². The first-order chi connectivity index (χ1) is 8.37. The third kappa shape index (κ3) is 4.31. The molecule has 0 saturated carbocycles. The monoisotopic (exact) mass is 250 g/mol. The Kier molecular flexibility index (Phi) is 5.17. The predicted molar refractivity (Wildman–Crippen MR) is 76.9 cm³/mol. The summed E-state index contributed by atoms with van der Waals surface area (Å²) < 4.78 is 5.18. The highest BCUT2D eigenvalue weighted by Gasteiger charge is 2.20. The normalized spacial score (nSPS) is 13.7.